The van der Waals surface area contributed by atoms with Gasteiger partial charge in [-0.2, -0.15) is 0 Å². The molecule has 0 atom stereocenters. The van der Waals surface area contributed by atoms with Crippen LogP contribution in [0, 0.1) is 0 Å². The molecule has 0 amide bonds. The molecule has 17 heavy (non-hydrogen) atoms. The summed E-state index contributed by atoms with van der Waals surface area (Å²) in [6.45, 7) is 3.69. The van der Waals surface area contributed by atoms with Gasteiger partial charge in [0, 0.05) is 0 Å². The highest BCUT2D eigenvalue weighted by Gasteiger charge is 2.09. The van der Waals surface area contributed by atoms with E-state index in [-0.39, 0.29) is 18.3 Å². The highest BCUT2D eigenvalue weighted by molar-refractivity contribution is 8.00. The monoisotopic (exact) mass is 250 g/mol. The zero-order valence-electron chi connectivity index (χ0n) is 8.92. The van der Waals surface area contributed by atoms with Gasteiger partial charge >= 0.3 is 5.97 Å². The van der Waals surface area contributed by atoms with Gasteiger partial charge in [0.15, 0.2) is 5.65 Å². The van der Waals surface area contributed by atoms with Gasteiger partial charge in [-0.1, -0.05) is 24.4 Å². The Hall–Kier alpha value is -1.89. The molecule has 0 aliphatic rings. The summed E-state index contributed by atoms with van der Waals surface area (Å²) < 4.78 is 4.86. The van der Waals surface area contributed by atoms with Crippen LogP contribution in [0.25, 0.3) is 11.2 Å². The van der Waals surface area contributed by atoms with Crippen LogP contribution in [0.15, 0.2) is 30.3 Å². The summed E-state index contributed by atoms with van der Waals surface area (Å²) in [6.07, 6.45) is 4.49. The van der Waals surface area contributed by atoms with E-state index in [4.69, 9.17) is 4.74 Å². The van der Waals surface area contributed by atoms with Gasteiger partial charge in [0.1, 0.15) is 23.5 Å². The van der Waals surface area contributed by atoms with Gasteiger partial charge in [-0.3, -0.25) is 4.79 Å². The summed E-state index contributed by atoms with van der Waals surface area (Å²) in [7, 11) is 0. The zero-order valence-corrected chi connectivity index (χ0v) is 9.74. The Kier molecular flexibility index (Phi) is 3.71. The molecule has 0 bridgehead atoms. The normalized spacial score (nSPS) is 10.4. The highest BCUT2D eigenvalue weighted by atomic mass is 32.2. The van der Waals surface area contributed by atoms with Crippen LogP contribution >= 0.6 is 11.8 Å². The summed E-state index contributed by atoms with van der Waals surface area (Å²) in [5.74, 6) is -0.111. The lowest BCUT2D eigenvalue weighted by molar-refractivity contribution is -0.139. The van der Waals surface area contributed by atoms with Crippen LogP contribution < -0.4 is 0 Å². The number of aromatic amines is 1. The van der Waals surface area contributed by atoms with Crippen molar-refractivity contribution in [2.75, 3.05) is 12.4 Å². The third-order valence-electron chi connectivity index (χ3n) is 1.88. The standard InChI is InChI=1S/C10H10N4O2S/c1-2-3-16-7(15)4-17-10-8-9(12-5-11-8)13-6-14-10/h2,5-6H,1,3-4H2,(H,11,12,13,14). The minimum Gasteiger partial charge on any atom is -0.461 e. The molecule has 1 N–H and O–H groups in total. The number of carbonyl (C=O) groups excluding carboxylic acids is 1. The van der Waals surface area contributed by atoms with Gasteiger partial charge in [0.2, 0.25) is 0 Å². The maximum atomic E-state index is 11.3. The largest absolute Gasteiger partial charge is 0.461 e. The molecular weight excluding hydrogens is 240 g/mol. The van der Waals surface area contributed by atoms with Gasteiger partial charge < -0.3 is 9.72 Å². The first-order valence-corrected chi connectivity index (χ1v) is 5.83. The van der Waals surface area contributed by atoms with Crippen LogP contribution in [0.5, 0.6) is 0 Å². The second-order valence-corrected chi connectivity index (χ2v) is 4.00. The Bertz CT molecular complexity index is 540. The van der Waals surface area contributed by atoms with Gasteiger partial charge in [0.25, 0.3) is 0 Å². The summed E-state index contributed by atoms with van der Waals surface area (Å²) in [5, 5.41) is 0.683. The van der Waals surface area contributed by atoms with Crippen molar-refractivity contribution in [1.29, 1.82) is 0 Å². The molecule has 0 aliphatic carbocycles. The number of hydrogen-bond donors (Lipinski definition) is 1. The Balaban J connectivity index is 2.01. The number of fused-ring (bicyclic) bond motifs is 1. The van der Waals surface area contributed by atoms with E-state index in [9.17, 15) is 4.79 Å². The van der Waals surface area contributed by atoms with E-state index in [1.54, 1.807) is 6.33 Å². The highest BCUT2D eigenvalue weighted by Crippen LogP contribution is 2.21. The molecule has 0 aromatic carbocycles. The average molecular weight is 250 g/mol. The predicted octanol–water partition coefficient (Wildman–Crippen LogP) is 1.17. The summed E-state index contributed by atoms with van der Waals surface area (Å²) in [6, 6.07) is 0. The number of nitrogens with one attached hydrogen (secondary N) is 1. The number of aromatic nitrogens is 4. The van der Waals surface area contributed by atoms with E-state index in [0.717, 1.165) is 5.52 Å². The molecule has 0 aliphatic heterocycles. The Morgan fingerprint density at radius 3 is 3.24 bits per heavy atom. The number of carbonyl (C=O) groups is 1. The first-order valence-electron chi connectivity index (χ1n) is 4.84. The molecule has 0 radical (unpaired) electrons. The number of imidazole rings is 1. The fourth-order valence-electron chi connectivity index (χ4n) is 1.17. The van der Waals surface area contributed by atoms with Crippen molar-refractivity contribution < 1.29 is 9.53 Å². The molecule has 6 nitrogen and oxygen atoms in total. The van der Waals surface area contributed by atoms with Crippen LogP contribution in [-0.4, -0.2) is 38.3 Å². The molecule has 2 aromatic heterocycles. The van der Waals surface area contributed by atoms with Crippen molar-refractivity contribution in [3.63, 3.8) is 0 Å². The molecule has 2 rings (SSSR count). The smallest absolute Gasteiger partial charge is 0.316 e. The molecule has 0 fully saturated rings. The van der Waals surface area contributed by atoms with Crippen molar-refractivity contribution in [2.45, 2.75) is 5.03 Å². The van der Waals surface area contributed by atoms with E-state index < -0.39 is 0 Å². The van der Waals surface area contributed by atoms with Crippen LogP contribution in [0.2, 0.25) is 0 Å². The molecule has 0 saturated carbocycles. The quantitative estimate of drug-likeness (QED) is 0.371. The van der Waals surface area contributed by atoms with Gasteiger partial charge in [-0.05, 0) is 0 Å². The minimum atomic E-state index is -0.304. The number of ether oxygens (including phenoxy) is 1. The van der Waals surface area contributed by atoms with Crippen LogP contribution in [0.4, 0.5) is 0 Å². The third kappa shape index (κ3) is 2.82. The predicted molar refractivity (Wildman–Crippen MR) is 63.6 cm³/mol. The van der Waals surface area contributed by atoms with Crippen molar-refractivity contribution in [1.82, 2.24) is 19.9 Å². The topological polar surface area (TPSA) is 80.8 Å². The summed E-state index contributed by atoms with van der Waals surface area (Å²) in [4.78, 5) is 26.3. The SMILES string of the molecule is C=CCOC(=O)CSc1ncnc2nc[nH]c12. The molecule has 88 valence electrons. The van der Waals surface area contributed by atoms with E-state index in [2.05, 4.69) is 26.5 Å². The summed E-state index contributed by atoms with van der Waals surface area (Å²) >= 11 is 1.28. The molecule has 2 heterocycles. The Morgan fingerprint density at radius 1 is 1.53 bits per heavy atom. The van der Waals surface area contributed by atoms with Crippen molar-refractivity contribution in [3.05, 3.63) is 25.3 Å². The molecular formula is C10H10N4O2S. The molecule has 0 spiro atoms. The van der Waals surface area contributed by atoms with E-state index in [0.29, 0.717) is 10.7 Å². The fourth-order valence-corrected chi connectivity index (χ4v) is 1.93. The van der Waals surface area contributed by atoms with Crippen LogP contribution in [0.3, 0.4) is 0 Å². The first kappa shape index (κ1) is 11.6. The molecule has 0 unspecified atom stereocenters. The van der Waals surface area contributed by atoms with E-state index in [1.165, 1.54) is 24.2 Å². The maximum Gasteiger partial charge on any atom is 0.316 e. The fraction of sp³-hybridized carbons (Fsp3) is 0.200. The van der Waals surface area contributed by atoms with E-state index >= 15 is 0 Å². The first-order chi connectivity index (χ1) is 8.31. The molecule has 2 aromatic rings. The number of thioether (sulfide) groups is 1. The Labute approximate surface area is 102 Å². The average Bonchev–Trinajstić information content (AvgIpc) is 2.82. The lowest BCUT2D eigenvalue weighted by Gasteiger charge is -2.01. The molecule has 7 heteroatoms. The van der Waals surface area contributed by atoms with Crippen LogP contribution in [-0.2, 0) is 9.53 Å². The van der Waals surface area contributed by atoms with Gasteiger partial charge in [-0.25, -0.2) is 15.0 Å². The molecule has 0 saturated heterocycles. The number of H-pyrrole nitrogens is 1. The minimum absolute atomic E-state index is 0.193. The van der Waals surface area contributed by atoms with Crippen molar-refractivity contribution in [2.24, 2.45) is 0 Å². The number of nitrogens with zero attached hydrogens (tertiary/aromatic N) is 3. The summed E-state index contributed by atoms with van der Waals surface area (Å²) in [5.41, 5.74) is 1.32. The van der Waals surface area contributed by atoms with Crippen molar-refractivity contribution >= 4 is 28.9 Å². The number of rotatable bonds is 5. The second kappa shape index (κ2) is 5.44. The Morgan fingerprint density at radius 2 is 2.41 bits per heavy atom. The van der Waals surface area contributed by atoms with Crippen LogP contribution in [0.1, 0.15) is 0 Å². The van der Waals surface area contributed by atoms with Gasteiger partial charge in [0.05, 0.1) is 12.1 Å². The maximum absolute atomic E-state index is 11.3. The third-order valence-corrected chi connectivity index (χ3v) is 2.84. The number of hydrogen-bond acceptors (Lipinski definition) is 6. The van der Waals surface area contributed by atoms with Crippen molar-refractivity contribution in [3.8, 4) is 0 Å². The lowest BCUT2D eigenvalue weighted by atomic mass is 10.6. The van der Waals surface area contributed by atoms with E-state index in [1.807, 2.05) is 0 Å². The lowest BCUT2D eigenvalue weighted by Crippen LogP contribution is -2.07. The second-order valence-electron chi connectivity index (χ2n) is 3.04. The van der Waals surface area contributed by atoms with Gasteiger partial charge in [-0.15, -0.1) is 0 Å². The zero-order chi connectivity index (χ0) is 12.1. The number of esters is 1.